The number of hydrogen-bond acceptors (Lipinski definition) is 3. The predicted octanol–water partition coefficient (Wildman–Crippen LogP) is 5.26. The summed E-state index contributed by atoms with van der Waals surface area (Å²) in [6, 6.07) is 3.56. The highest BCUT2D eigenvalue weighted by atomic mass is 79.9. The molecule has 1 aromatic carbocycles. The standard InChI is InChI=1S/C15H14BrClF3N3/c1-8(23-14-13(16)9(2)21-7-22-14)5-10-3-4-11(17)6-12(10)15(18,19)20/h3-4,6-8H,5H2,1-2H3,(H,21,22,23). The maximum absolute atomic E-state index is 13.1. The van der Waals surface area contributed by atoms with Crippen LogP contribution >= 0.6 is 27.5 Å². The Kier molecular flexibility index (Phi) is 5.52. The van der Waals surface area contributed by atoms with E-state index in [9.17, 15) is 13.2 Å². The quantitative estimate of drug-likeness (QED) is 0.749. The number of hydrogen-bond donors (Lipinski definition) is 1. The molecule has 0 fully saturated rings. The largest absolute Gasteiger partial charge is 0.416 e. The molecule has 2 rings (SSSR count). The Balaban J connectivity index is 2.21. The van der Waals surface area contributed by atoms with Gasteiger partial charge in [0.2, 0.25) is 0 Å². The van der Waals surface area contributed by atoms with E-state index in [2.05, 4.69) is 31.2 Å². The van der Waals surface area contributed by atoms with Crippen LogP contribution in [0.15, 0.2) is 29.0 Å². The summed E-state index contributed by atoms with van der Waals surface area (Å²) >= 11 is 9.05. The van der Waals surface area contributed by atoms with Gasteiger partial charge in [-0.2, -0.15) is 13.2 Å². The van der Waals surface area contributed by atoms with Crippen LogP contribution in [0.5, 0.6) is 0 Å². The van der Waals surface area contributed by atoms with Crippen LogP contribution < -0.4 is 5.32 Å². The summed E-state index contributed by atoms with van der Waals surface area (Å²) in [6.07, 6.45) is -2.86. The van der Waals surface area contributed by atoms with E-state index in [1.807, 2.05) is 6.92 Å². The van der Waals surface area contributed by atoms with Crippen molar-refractivity contribution < 1.29 is 13.2 Å². The Morgan fingerprint density at radius 2 is 2.00 bits per heavy atom. The van der Waals surface area contributed by atoms with Crippen molar-refractivity contribution >= 4 is 33.3 Å². The minimum Gasteiger partial charge on any atom is -0.366 e. The third kappa shape index (κ3) is 4.57. The normalized spacial score (nSPS) is 13.0. The van der Waals surface area contributed by atoms with Crippen LogP contribution in [0.3, 0.4) is 0 Å². The van der Waals surface area contributed by atoms with Gasteiger partial charge in [-0.3, -0.25) is 0 Å². The van der Waals surface area contributed by atoms with Crippen molar-refractivity contribution in [2.24, 2.45) is 0 Å². The van der Waals surface area contributed by atoms with Crippen molar-refractivity contribution in [3.63, 3.8) is 0 Å². The molecule has 0 aliphatic rings. The molecule has 1 heterocycles. The lowest BCUT2D eigenvalue weighted by Gasteiger charge is -2.19. The molecule has 0 radical (unpaired) electrons. The topological polar surface area (TPSA) is 37.8 Å². The van der Waals surface area contributed by atoms with Crippen molar-refractivity contribution in [1.29, 1.82) is 0 Å². The Labute approximate surface area is 145 Å². The van der Waals surface area contributed by atoms with Crippen molar-refractivity contribution in [3.05, 3.63) is 50.8 Å². The number of halogens is 5. The van der Waals surface area contributed by atoms with E-state index in [0.29, 0.717) is 10.3 Å². The lowest BCUT2D eigenvalue weighted by Crippen LogP contribution is -2.21. The van der Waals surface area contributed by atoms with Crippen LogP contribution in [0.1, 0.15) is 23.7 Å². The monoisotopic (exact) mass is 407 g/mol. The Morgan fingerprint density at radius 3 is 2.65 bits per heavy atom. The van der Waals surface area contributed by atoms with Crippen LogP contribution in [0.2, 0.25) is 5.02 Å². The van der Waals surface area contributed by atoms with Crippen LogP contribution in [0, 0.1) is 6.92 Å². The van der Waals surface area contributed by atoms with Crippen molar-refractivity contribution in [2.45, 2.75) is 32.5 Å². The van der Waals surface area contributed by atoms with E-state index in [-0.39, 0.29) is 23.0 Å². The number of anilines is 1. The molecule has 0 saturated carbocycles. The summed E-state index contributed by atoms with van der Waals surface area (Å²) in [5, 5.41) is 3.16. The summed E-state index contributed by atoms with van der Waals surface area (Å²) in [7, 11) is 0. The maximum Gasteiger partial charge on any atom is 0.416 e. The fourth-order valence-corrected chi connectivity index (χ4v) is 2.65. The van der Waals surface area contributed by atoms with Gasteiger partial charge >= 0.3 is 6.18 Å². The molecular formula is C15H14BrClF3N3. The van der Waals surface area contributed by atoms with Crippen LogP contribution in [-0.4, -0.2) is 16.0 Å². The van der Waals surface area contributed by atoms with E-state index in [1.54, 1.807) is 6.92 Å². The summed E-state index contributed by atoms with van der Waals surface area (Å²) in [5.74, 6) is 0.549. The van der Waals surface area contributed by atoms with Gasteiger partial charge in [0.15, 0.2) is 0 Å². The van der Waals surface area contributed by atoms with Gasteiger partial charge in [-0.25, -0.2) is 9.97 Å². The first-order chi connectivity index (χ1) is 10.7. The first-order valence-corrected chi connectivity index (χ1v) is 7.95. The number of benzene rings is 1. The van der Waals surface area contributed by atoms with Crippen LogP contribution in [0.25, 0.3) is 0 Å². The second-order valence-electron chi connectivity index (χ2n) is 5.17. The highest BCUT2D eigenvalue weighted by Crippen LogP contribution is 2.34. The van der Waals surface area contributed by atoms with E-state index >= 15 is 0 Å². The predicted molar refractivity (Wildman–Crippen MR) is 87.7 cm³/mol. The fourth-order valence-electron chi connectivity index (χ4n) is 2.16. The highest BCUT2D eigenvalue weighted by molar-refractivity contribution is 9.10. The Hall–Kier alpha value is -1.34. The number of nitrogens with one attached hydrogen (secondary N) is 1. The third-order valence-electron chi connectivity index (χ3n) is 3.25. The van der Waals surface area contributed by atoms with Crippen molar-refractivity contribution in [1.82, 2.24) is 9.97 Å². The lowest BCUT2D eigenvalue weighted by molar-refractivity contribution is -0.138. The molecule has 3 nitrogen and oxygen atoms in total. The molecule has 2 aromatic rings. The van der Waals surface area contributed by atoms with Crippen LogP contribution in [0.4, 0.5) is 19.0 Å². The lowest BCUT2D eigenvalue weighted by atomic mass is 10.0. The summed E-state index contributed by atoms with van der Waals surface area (Å²) in [5.41, 5.74) is 0.220. The van der Waals surface area contributed by atoms with E-state index in [1.165, 1.54) is 18.5 Å². The second kappa shape index (κ2) is 7.05. The molecule has 0 saturated heterocycles. The third-order valence-corrected chi connectivity index (χ3v) is 4.43. The molecule has 1 atom stereocenters. The summed E-state index contributed by atoms with van der Waals surface area (Å²) in [4.78, 5) is 8.12. The molecule has 1 N–H and O–H groups in total. The molecule has 1 unspecified atom stereocenters. The van der Waals surface area contributed by atoms with Crippen LogP contribution in [-0.2, 0) is 12.6 Å². The van der Waals surface area contributed by atoms with E-state index in [4.69, 9.17) is 11.6 Å². The van der Waals surface area contributed by atoms with Gasteiger partial charge in [0, 0.05) is 11.1 Å². The first-order valence-electron chi connectivity index (χ1n) is 6.77. The molecular weight excluding hydrogens is 395 g/mol. The van der Waals surface area contributed by atoms with Crippen molar-refractivity contribution in [3.8, 4) is 0 Å². The molecule has 0 aliphatic heterocycles. The van der Waals surface area contributed by atoms with Gasteiger partial charge in [0.1, 0.15) is 12.1 Å². The highest BCUT2D eigenvalue weighted by Gasteiger charge is 2.33. The number of rotatable bonds is 4. The van der Waals surface area contributed by atoms with Gasteiger partial charge in [0.25, 0.3) is 0 Å². The SMILES string of the molecule is Cc1ncnc(NC(C)Cc2ccc(Cl)cc2C(F)(F)F)c1Br. The van der Waals surface area contributed by atoms with Gasteiger partial charge in [-0.15, -0.1) is 0 Å². The Bertz CT molecular complexity index is 707. The number of aryl methyl sites for hydroxylation is 1. The van der Waals surface area contributed by atoms with E-state index < -0.39 is 11.7 Å². The van der Waals surface area contributed by atoms with Crippen molar-refractivity contribution in [2.75, 3.05) is 5.32 Å². The molecule has 124 valence electrons. The maximum atomic E-state index is 13.1. The first kappa shape index (κ1) is 18.0. The van der Waals surface area contributed by atoms with E-state index in [0.717, 1.165) is 11.8 Å². The van der Waals surface area contributed by atoms with Gasteiger partial charge < -0.3 is 5.32 Å². The molecule has 0 spiro atoms. The molecule has 0 bridgehead atoms. The molecule has 23 heavy (non-hydrogen) atoms. The second-order valence-corrected chi connectivity index (χ2v) is 6.40. The molecule has 1 aromatic heterocycles. The van der Waals surface area contributed by atoms with Gasteiger partial charge in [0.05, 0.1) is 15.7 Å². The average molecular weight is 409 g/mol. The Morgan fingerprint density at radius 1 is 1.30 bits per heavy atom. The zero-order chi connectivity index (χ0) is 17.2. The zero-order valence-electron chi connectivity index (χ0n) is 12.4. The molecule has 0 amide bonds. The van der Waals surface area contributed by atoms with Gasteiger partial charge in [-0.05, 0) is 53.9 Å². The smallest absolute Gasteiger partial charge is 0.366 e. The number of aromatic nitrogens is 2. The molecule has 0 aliphatic carbocycles. The summed E-state index contributed by atoms with van der Waals surface area (Å²) < 4.78 is 40.0. The number of alkyl halides is 3. The fraction of sp³-hybridized carbons (Fsp3) is 0.333. The minimum atomic E-state index is -4.44. The molecule has 8 heteroatoms. The average Bonchev–Trinajstić information content (AvgIpc) is 2.45. The summed E-state index contributed by atoms with van der Waals surface area (Å²) in [6.45, 7) is 3.60. The van der Waals surface area contributed by atoms with Gasteiger partial charge in [-0.1, -0.05) is 17.7 Å². The number of nitrogens with zero attached hydrogens (tertiary/aromatic N) is 2. The minimum absolute atomic E-state index is 0.0656. The zero-order valence-corrected chi connectivity index (χ0v) is 14.7.